The molecule has 0 saturated carbocycles. The first-order valence-electron chi connectivity index (χ1n) is 8.79. The van der Waals surface area contributed by atoms with Gasteiger partial charge in [0.25, 0.3) is 0 Å². The van der Waals surface area contributed by atoms with E-state index in [0.29, 0.717) is 24.7 Å². The van der Waals surface area contributed by atoms with Gasteiger partial charge in [-0.3, -0.25) is 9.58 Å². The zero-order chi connectivity index (χ0) is 19.0. The van der Waals surface area contributed by atoms with Crippen LogP contribution in [0, 0.1) is 13.8 Å². The molecule has 1 aliphatic heterocycles. The fourth-order valence-corrected chi connectivity index (χ4v) is 3.16. The molecule has 4 rings (SSSR count). The van der Waals surface area contributed by atoms with Crippen LogP contribution in [0.5, 0.6) is 0 Å². The summed E-state index contributed by atoms with van der Waals surface area (Å²) in [5.74, 6) is 1.33. The molecule has 0 radical (unpaired) electrons. The van der Waals surface area contributed by atoms with Gasteiger partial charge in [-0.25, -0.2) is 14.8 Å². The van der Waals surface area contributed by atoms with Gasteiger partial charge in [-0.05, 0) is 44.2 Å². The maximum atomic E-state index is 11.8. The molecule has 138 valence electrons. The second kappa shape index (κ2) is 6.71. The van der Waals surface area contributed by atoms with Gasteiger partial charge < -0.3 is 10.6 Å². The number of nitrogens with one attached hydrogen (secondary N) is 2. The third kappa shape index (κ3) is 3.21. The summed E-state index contributed by atoms with van der Waals surface area (Å²) in [6.45, 7) is 5.32. The first kappa shape index (κ1) is 17.0. The lowest BCUT2D eigenvalue weighted by Gasteiger charge is -2.14. The van der Waals surface area contributed by atoms with Crippen LogP contribution in [0.25, 0.3) is 11.4 Å². The van der Waals surface area contributed by atoms with Gasteiger partial charge in [-0.1, -0.05) is 0 Å². The van der Waals surface area contributed by atoms with E-state index in [1.165, 1.54) is 0 Å². The van der Waals surface area contributed by atoms with Crippen LogP contribution in [0.1, 0.15) is 11.4 Å². The largest absolute Gasteiger partial charge is 0.337 e. The number of hydrogen-bond acceptors (Lipinski definition) is 5. The summed E-state index contributed by atoms with van der Waals surface area (Å²) in [6.07, 6.45) is 1.73. The maximum absolute atomic E-state index is 11.8. The SMILES string of the molecule is Cc1nn(C)c(C)c1Nc1ccnc(-c2ccc(N3CCNC3=O)cc2)n1. The van der Waals surface area contributed by atoms with Crippen molar-refractivity contribution in [2.75, 3.05) is 23.3 Å². The van der Waals surface area contributed by atoms with Crippen LogP contribution < -0.4 is 15.5 Å². The fourth-order valence-electron chi connectivity index (χ4n) is 3.16. The number of aryl methyl sites for hydroxylation is 2. The third-order valence-corrected chi connectivity index (χ3v) is 4.71. The van der Waals surface area contributed by atoms with Gasteiger partial charge in [0.05, 0.1) is 17.1 Å². The molecule has 0 spiro atoms. The van der Waals surface area contributed by atoms with Crippen LogP contribution in [0.3, 0.4) is 0 Å². The number of benzene rings is 1. The van der Waals surface area contributed by atoms with E-state index in [2.05, 4.69) is 25.7 Å². The summed E-state index contributed by atoms with van der Waals surface area (Å²) >= 11 is 0. The van der Waals surface area contributed by atoms with Gasteiger partial charge >= 0.3 is 6.03 Å². The van der Waals surface area contributed by atoms with Crippen molar-refractivity contribution in [2.24, 2.45) is 7.05 Å². The Hall–Kier alpha value is -3.42. The minimum absolute atomic E-state index is 0.0626. The molecule has 3 aromatic rings. The summed E-state index contributed by atoms with van der Waals surface area (Å²) in [4.78, 5) is 22.5. The Bertz CT molecular complexity index is 994. The van der Waals surface area contributed by atoms with E-state index < -0.39 is 0 Å². The Labute approximate surface area is 157 Å². The average Bonchev–Trinajstić information content (AvgIpc) is 3.20. The van der Waals surface area contributed by atoms with Gasteiger partial charge in [0.1, 0.15) is 5.82 Å². The molecular formula is C19H21N7O. The molecule has 1 aromatic carbocycles. The first-order valence-corrected chi connectivity index (χ1v) is 8.79. The lowest BCUT2D eigenvalue weighted by molar-refractivity contribution is 0.252. The van der Waals surface area contributed by atoms with E-state index in [4.69, 9.17) is 0 Å². The molecule has 0 aliphatic carbocycles. The van der Waals surface area contributed by atoms with Crippen LogP contribution in [0.2, 0.25) is 0 Å². The zero-order valence-electron chi connectivity index (χ0n) is 15.5. The van der Waals surface area contributed by atoms with Gasteiger partial charge in [0, 0.05) is 37.6 Å². The number of carbonyl (C=O) groups excluding carboxylic acids is 1. The lowest BCUT2D eigenvalue weighted by Crippen LogP contribution is -2.27. The maximum Gasteiger partial charge on any atom is 0.321 e. The number of aromatic nitrogens is 4. The monoisotopic (exact) mass is 363 g/mol. The van der Waals surface area contributed by atoms with Crippen molar-refractivity contribution in [2.45, 2.75) is 13.8 Å². The van der Waals surface area contributed by atoms with Crippen molar-refractivity contribution >= 4 is 23.2 Å². The third-order valence-electron chi connectivity index (χ3n) is 4.71. The van der Waals surface area contributed by atoms with Crippen LogP contribution in [-0.2, 0) is 7.05 Å². The van der Waals surface area contributed by atoms with Crippen LogP contribution in [0.4, 0.5) is 22.0 Å². The highest BCUT2D eigenvalue weighted by Crippen LogP contribution is 2.25. The van der Waals surface area contributed by atoms with Crippen molar-refractivity contribution in [3.63, 3.8) is 0 Å². The van der Waals surface area contributed by atoms with Crippen molar-refractivity contribution in [1.82, 2.24) is 25.1 Å². The number of carbonyl (C=O) groups is 1. The number of anilines is 3. The van der Waals surface area contributed by atoms with E-state index in [-0.39, 0.29) is 6.03 Å². The number of rotatable bonds is 4. The summed E-state index contributed by atoms with van der Waals surface area (Å²) in [5.41, 5.74) is 4.67. The normalized spacial score (nSPS) is 13.7. The zero-order valence-corrected chi connectivity index (χ0v) is 15.5. The molecular weight excluding hydrogens is 342 g/mol. The van der Waals surface area contributed by atoms with Crippen LogP contribution >= 0.6 is 0 Å². The van der Waals surface area contributed by atoms with Crippen LogP contribution in [-0.4, -0.2) is 38.9 Å². The molecule has 2 amide bonds. The number of urea groups is 1. The fraction of sp³-hybridized carbons (Fsp3) is 0.263. The van der Waals surface area contributed by atoms with Crippen molar-refractivity contribution in [3.05, 3.63) is 47.9 Å². The van der Waals surface area contributed by atoms with E-state index >= 15 is 0 Å². The van der Waals surface area contributed by atoms with Crippen molar-refractivity contribution in [3.8, 4) is 11.4 Å². The molecule has 0 unspecified atom stereocenters. The van der Waals surface area contributed by atoms with E-state index in [1.807, 2.05) is 55.9 Å². The standard InChI is InChI=1S/C19H21N7O/c1-12-17(13(2)25(3)24-12)22-16-8-9-20-18(23-16)14-4-6-15(7-5-14)26-11-10-21-19(26)27/h4-9H,10-11H2,1-3H3,(H,21,27)(H,20,22,23). The number of amides is 2. The first-order chi connectivity index (χ1) is 13.0. The molecule has 8 heteroatoms. The van der Waals surface area contributed by atoms with Crippen molar-refractivity contribution in [1.29, 1.82) is 0 Å². The average molecular weight is 363 g/mol. The predicted molar refractivity (Wildman–Crippen MR) is 104 cm³/mol. The predicted octanol–water partition coefficient (Wildman–Crippen LogP) is 2.77. The minimum atomic E-state index is -0.0626. The minimum Gasteiger partial charge on any atom is -0.337 e. The van der Waals surface area contributed by atoms with E-state index in [0.717, 1.165) is 28.3 Å². The molecule has 2 aromatic heterocycles. The quantitative estimate of drug-likeness (QED) is 0.744. The summed E-state index contributed by atoms with van der Waals surface area (Å²) < 4.78 is 1.84. The summed E-state index contributed by atoms with van der Waals surface area (Å²) in [7, 11) is 1.92. The Morgan fingerprint density at radius 3 is 2.56 bits per heavy atom. The molecule has 0 bridgehead atoms. The Kier molecular flexibility index (Phi) is 4.23. The van der Waals surface area contributed by atoms with Gasteiger partial charge in [0.15, 0.2) is 5.82 Å². The van der Waals surface area contributed by atoms with Crippen LogP contribution in [0.15, 0.2) is 36.5 Å². The Morgan fingerprint density at radius 2 is 1.93 bits per heavy atom. The smallest absolute Gasteiger partial charge is 0.321 e. The molecule has 1 saturated heterocycles. The molecule has 1 fully saturated rings. The molecule has 3 heterocycles. The summed E-state index contributed by atoms with van der Waals surface area (Å²) in [5, 5.41) is 10.6. The molecule has 2 N–H and O–H groups in total. The van der Waals surface area contributed by atoms with E-state index in [9.17, 15) is 4.79 Å². The molecule has 8 nitrogen and oxygen atoms in total. The number of nitrogens with zero attached hydrogens (tertiary/aromatic N) is 5. The van der Waals surface area contributed by atoms with Gasteiger partial charge in [-0.2, -0.15) is 5.10 Å². The van der Waals surface area contributed by atoms with Gasteiger partial charge in [0.2, 0.25) is 0 Å². The molecule has 27 heavy (non-hydrogen) atoms. The molecule has 0 atom stereocenters. The Morgan fingerprint density at radius 1 is 1.15 bits per heavy atom. The molecule has 1 aliphatic rings. The topological polar surface area (TPSA) is 88.0 Å². The van der Waals surface area contributed by atoms with E-state index in [1.54, 1.807) is 11.1 Å². The Balaban J connectivity index is 1.58. The number of hydrogen-bond donors (Lipinski definition) is 2. The second-order valence-electron chi connectivity index (χ2n) is 6.49. The highest BCUT2D eigenvalue weighted by Gasteiger charge is 2.21. The second-order valence-corrected chi connectivity index (χ2v) is 6.49. The lowest BCUT2D eigenvalue weighted by atomic mass is 10.2. The highest BCUT2D eigenvalue weighted by atomic mass is 16.2. The highest BCUT2D eigenvalue weighted by molar-refractivity contribution is 5.94. The van der Waals surface area contributed by atoms with Gasteiger partial charge in [-0.15, -0.1) is 0 Å². The van der Waals surface area contributed by atoms with Crippen molar-refractivity contribution < 1.29 is 4.79 Å². The summed E-state index contributed by atoms with van der Waals surface area (Å²) in [6, 6.07) is 9.46.